The molecule has 0 spiro atoms. The monoisotopic (exact) mass is 305 g/mol. The van der Waals surface area contributed by atoms with Crippen LogP contribution in [0.4, 0.5) is 5.69 Å². The average Bonchev–Trinajstić information content (AvgIpc) is 2.52. The highest BCUT2D eigenvalue weighted by molar-refractivity contribution is 6.33. The summed E-state index contributed by atoms with van der Waals surface area (Å²) in [6.45, 7) is 4.49. The van der Waals surface area contributed by atoms with E-state index < -0.39 is 0 Å². The lowest BCUT2D eigenvalue weighted by Gasteiger charge is -2.13. The Balaban J connectivity index is 1.95. The molecule has 0 aliphatic heterocycles. The molecule has 3 nitrogen and oxygen atoms in total. The maximum Gasteiger partial charge on any atom is 0.124 e. The summed E-state index contributed by atoms with van der Waals surface area (Å²) >= 11 is 6.14. The standard InChI is InChI=1S/C17H20ClNO2/c1-2-20-11-12-21-17-10-6-3-7-14(17)13-19-16-9-5-4-8-15(16)18/h3-10,19H,2,11-13H2,1H3. The van der Waals surface area contributed by atoms with Crippen LogP contribution >= 0.6 is 11.6 Å². The number of rotatable bonds is 8. The fourth-order valence-corrected chi connectivity index (χ4v) is 2.14. The molecular formula is C17H20ClNO2. The summed E-state index contributed by atoms with van der Waals surface area (Å²) < 4.78 is 11.0. The van der Waals surface area contributed by atoms with Gasteiger partial charge in [0.2, 0.25) is 0 Å². The molecule has 0 atom stereocenters. The molecule has 0 radical (unpaired) electrons. The van der Waals surface area contributed by atoms with Crippen molar-refractivity contribution in [1.82, 2.24) is 0 Å². The van der Waals surface area contributed by atoms with Gasteiger partial charge in [0.1, 0.15) is 12.4 Å². The van der Waals surface area contributed by atoms with Gasteiger partial charge in [-0.1, -0.05) is 41.9 Å². The first-order valence-electron chi connectivity index (χ1n) is 7.08. The number of hydrogen-bond acceptors (Lipinski definition) is 3. The minimum absolute atomic E-state index is 0.553. The van der Waals surface area contributed by atoms with E-state index in [9.17, 15) is 0 Å². The molecule has 2 rings (SSSR count). The van der Waals surface area contributed by atoms with Crippen molar-refractivity contribution >= 4 is 17.3 Å². The number of anilines is 1. The van der Waals surface area contributed by atoms with Crippen LogP contribution < -0.4 is 10.1 Å². The van der Waals surface area contributed by atoms with E-state index in [4.69, 9.17) is 21.1 Å². The quantitative estimate of drug-likeness (QED) is 0.735. The van der Waals surface area contributed by atoms with E-state index in [1.165, 1.54) is 0 Å². The van der Waals surface area contributed by atoms with Gasteiger partial charge in [0.15, 0.2) is 0 Å². The van der Waals surface area contributed by atoms with Crippen molar-refractivity contribution in [2.75, 3.05) is 25.1 Å². The van der Waals surface area contributed by atoms with Crippen LogP contribution in [0.25, 0.3) is 0 Å². The van der Waals surface area contributed by atoms with Crippen LogP contribution in [0.5, 0.6) is 5.75 Å². The molecule has 0 heterocycles. The lowest BCUT2D eigenvalue weighted by Crippen LogP contribution is -2.09. The van der Waals surface area contributed by atoms with Crippen molar-refractivity contribution in [2.24, 2.45) is 0 Å². The number of nitrogens with one attached hydrogen (secondary N) is 1. The predicted octanol–water partition coefficient (Wildman–Crippen LogP) is 4.37. The summed E-state index contributed by atoms with van der Waals surface area (Å²) in [5.74, 6) is 0.872. The van der Waals surface area contributed by atoms with Crippen molar-refractivity contribution in [3.8, 4) is 5.75 Å². The normalized spacial score (nSPS) is 10.4. The first-order chi connectivity index (χ1) is 10.3. The van der Waals surface area contributed by atoms with E-state index in [0.29, 0.717) is 31.4 Å². The zero-order valence-electron chi connectivity index (χ0n) is 12.1. The Morgan fingerprint density at radius 3 is 2.57 bits per heavy atom. The van der Waals surface area contributed by atoms with Crippen LogP contribution in [0.3, 0.4) is 0 Å². The lowest BCUT2D eigenvalue weighted by atomic mass is 10.2. The molecular weight excluding hydrogens is 286 g/mol. The second-order valence-electron chi connectivity index (χ2n) is 4.49. The highest BCUT2D eigenvalue weighted by atomic mass is 35.5. The van der Waals surface area contributed by atoms with Crippen LogP contribution in [-0.4, -0.2) is 19.8 Å². The Kier molecular flexibility index (Phi) is 6.38. The van der Waals surface area contributed by atoms with Gasteiger partial charge in [-0.05, 0) is 25.1 Å². The van der Waals surface area contributed by atoms with Gasteiger partial charge in [0.05, 0.1) is 17.3 Å². The first-order valence-corrected chi connectivity index (χ1v) is 7.46. The maximum atomic E-state index is 6.14. The molecule has 1 N–H and O–H groups in total. The summed E-state index contributed by atoms with van der Waals surface area (Å²) in [5, 5.41) is 4.04. The molecule has 0 aliphatic rings. The molecule has 0 saturated heterocycles. The van der Waals surface area contributed by atoms with Crippen molar-refractivity contribution in [3.05, 3.63) is 59.1 Å². The summed E-state index contributed by atoms with van der Waals surface area (Å²) in [6.07, 6.45) is 0. The molecule has 112 valence electrons. The third-order valence-corrected chi connectivity index (χ3v) is 3.33. The molecule has 2 aromatic rings. The van der Waals surface area contributed by atoms with Crippen LogP contribution in [0, 0.1) is 0 Å². The third kappa shape index (κ3) is 4.96. The van der Waals surface area contributed by atoms with Crippen molar-refractivity contribution < 1.29 is 9.47 Å². The molecule has 0 saturated carbocycles. The van der Waals surface area contributed by atoms with E-state index >= 15 is 0 Å². The van der Waals surface area contributed by atoms with E-state index in [2.05, 4.69) is 5.32 Å². The number of para-hydroxylation sites is 2. The molecule has 0 aromatic heterocycles. The first kappa shape index (κ1) is 15.7. The second-order valence-corrected chi connectivity index (χ2v) is 4.89. The SMILES string of the molecule is CCOCCOc1ccccc1CNc1ccccc1Cl. The predicted molar refractivity (Wildman–Crippen MR) is 87.2 cm³/mol. The summed E-state index contributed by atoms with van der Waals surface area (Å²) in [7, 11) is 0. The molecule has 4 heteroatoms. The smallest absolute Gasteiger partial charge is 0.124 e. The third-order valence-electron chi connectivity index (χ3n) is 3.01. The average molecular weight is 306 g/mol. The van der Waals surface area contributed by atoms with Crippen LogP contribution in [-0.2, 0) is 11.3 Å². The van der Waals surface area contributed by atoms with Crippen molar-refractivity contribution in [2.45, 2.75) is 13.5 Å². The number of benzene rings is 2. The van der Waals surface area contributed by atoms with Gasteiger partial charge in [-0.25, -0.2) is 0 Å². The minimum Gasteiger partial charge on any atom is -0.491 e. The molecule has 0 amide bonds. The Bertz CT molecular complexity index is 560. The fraction of sp³-hybridized carbons (Fsp3) is 0.294. The summed E-state index contributed by atoms with van der Waals surface area (Å²) in [5.41, 5.74) is 2.01. The van der Waals surface area contributed by atoms with Gasteiger partial charge in [-0.2, -0.15) is 0 Å². The molecule has 0 fully saturated rings. The highest BCUT2D eigenvalue weighted by Crippen LogP contribution is 2.23. The maximum absolute atomic E-state index is 6.14. The van der Waals surface area contributed by atoms with Gasteiger partial charge in [0.25, 0.3) is 0 Å². The van der Waals surface area contributed by atoms with E-state index in [1.54, 1.807) is 0 Å². The number of hydrogen-bond donors (Lipinski definition) is 1. The fourth-order valence-electron chi connectivity index (χ4n) is 1.94. The largest absolute Gasteiger partial charge is 0.491 e. The molecule has 0 aliphatic carbocycles. The summed E-state index contributed by atoms with van der Waals surface area (Å²) in [6, 6.07) is 15.7. The number of ether oxygens (including phenoxy) is 2. The highest BCUT2D eigenvalue weighted by Gasteiger charge is 2.04. The zero-order valence-corrected chi connectivity index (χ0v) is 12.9. The van der Waals surface area contributed by atoms with E-state index in [1.807, 2.05) is 55.5 Å². The molecule has 21 heavy (non-hydrogen) atoms. The van der Waals surface area contributed by atoms with Crippen LogP contribution in [0.1, 0.15) is 12.5 Å². The minimum atomic E-state index is 0.553. The van der Waals surface area contributed by atoms with Crippen LogP contribution in [0.15, 0.2) is 48.5 Å². The van der Waals surface area contributed by atoms with E-state index in [-0.39, 0.29) is 0 Å². The molecule has 2 aromatic carbocycles. The Morgan fingerprint density at radius 1 is 1.00 bits per heavy atom. The Hall–Kier alpha value is -1.71. The Morgan fingerprint density at radius 2 is 1.76 bits per heavy atom. The second kappa shape index (κ2) is 8.55. The van der Waals surface area contributed by atoms with Crippen molar-refractivity contribution in [3.63, 3.8) is 0 Å². The molecule has 0 unspecified atom stereocenters. The van der Waals surface area contributed by atoms with Crippen molar-refractivity contribution in [1.29, 1.82) is 0 Å². The van der Waals surface area contributed by atoms with E-state index in [0.717, 1.165) is 17.0 Å². The van der Waals surface area contributed by atoms with Gasteiger partial charge in [-0.3, -0.25) is 0 Å². The van der Waals surface area contributed by atoms with Crippen LogP contribution in [0.2, 0.25) is 5.02 Å². The zero-order chi connectivity index (χ0) is 14.9. The number of halogens is 1. The Labute approximate surface area is 130 Å². The molecule has 0 bridgehead atoms. The lowest BCUT2D eigenvalue weighted by molar-refractivity contribution is 0.110. The summed E-state index contributed by atoms with van der Waals surface area (Å²) in [4.78, 5) is 0. The van der Waals surface area contributed by atoms with Gasteiger partial charge >= 0.3 is 0 Å². The van der Waals surface area contributed by atoms with Gasteiger partial charge < -0.3 is 14.8 Å². The topological polar surface area (TPSA) is 30.5 Å². The van der Waals surface area contributed by atoms with Gasteiger partial charge in [-0.15, -0.1) is 0 Å². The van der Waals surface area contributed by atoms with Gasteiger partial charge in [0, 0.05) is 18.7 Å².